The highest BCUT2D eigenvalue weighted by molar-refractivity contribution is 4.59. The number of hydrogen-bond donors (Lipinski definition) is 1. The quantitative estimate of drug-likeness (QED) is 0.797. The highest BCUT2D eigenvalue weighted by Gasteiger charge is 2.03. The summed E-state index contributed by atoms with van der Waals surface area (Å²) >= 11 is 0. The van der Waals surface area contributed by atoms with Crippen molar-refractivity contribution in [3.63, 3.8) is 0 Å². The van der Waals surface area contributed by atoms with Gasteiger partial charge in [0.15, 0.2) is 0 Å². The summed E-state index contributed by atoms with van der Waals surface area (Å²) < 4.78 is 0. The molecule has 0 radical (unpaired) electrons. The molecule has 100 valence electrons. The molecular weight excluding hydrogens is 198 g/mol. The smallest absolute Gasteiger partial charge is 0.0104 e. The number of hydrogen-bond acceptors (Lipinski definition) is 3. The Morgan fingerprint density at radius 3 is 1.94 bits per heavy atom. The molecule has 3 heteroatoms. The summed E-state index contributed by atoms with van der Waals surface area (Å²) in [6.07, 6.45) is 2.83. The van der Waals surface area contributed by atoms with E-state index in [0.29, 0.717) is 0 Å². The van der Waals surface area contributed by atoms with Crippen LogP contribution in [0.1, 0.15) is 33.6 Å². The lowest BCUT2D eigenvalue weighted by Crippen LogP contribution is -2.26. The average molecular weight is 231 g/mol. The lowest BCUT2D eigenvalue weighted by molar-refractivity contribution is 0.354. The van der Waals surface area contributed by atoms with E-state index >= 15 is 0 Å². The van der Waals surface area contributed by atoms with Crippen LogP contribution in [-0.2, 0) is 0 Å². The lowest BCUT2D eigenvalue weighted by atomic mass is 10.4. The minimum absolute atomic E-state index is 1.09. The number of likely N-dealkylation sites (tertiary alicyclic amines) is 1. The van der Waals surface area contributed by atoms with E-state index in [1.54, 1.807) is 0 Å². The van der Waals surface area contributed by atoms with Crippen LogP contribution in [0.2, 0.25) is 0 Å². The van der Waals surface area contributed by atoms with E-state index in [-0.39, 0.29) is 0 Å². The maximum atomic E-state index is 3.09. The zero-order valence-electron chi connectivity index (χ0n) is 12.3. The Balaban J connectivity index is 0. The third-order valence-corrected chi connectivity index (χ3v) is 2.61. The van der Waals surface area contributed by atoms with Gasteiger partial charge in [-0.3, -0.25) is 0 Å². The van der Waals surface area contributed by atoms with Crippen LogP contribution in [0, 0.1) is 0 Å². The van der Waals surface area contributed by atoms with Crippen molar-refractivity contribution in [3.05, 3.63) is 0 Å². The van der Waals surface area contributed by atoms with Gasteiger partial charge in [-0.1, -0.05) is 20.8 Å². The molecule has 16 heavy (non-hydrogen) atoms. The van der Waals surface area contributed by atoms with Crippen molar-refractivity contribution >= 4 is 0 Å². The summed E-state index contributed by atoms with van der Waals surface area (Å²) in [7, 11) is 6.27. The first-order valence-corrected chi connectivity index (χ1v) is 6.72. The fraction of sp³-hybridized carbons (Fsp3) is 1.00. The normalized spacial score (nSPS) is 15.2. The van der Waals surface area contributed by atoms with Crippen molar-refractivity contribution in [3.8, 4) is 0 Å². The first-order chi connectivity index (χ1) is 7.70. The molecule has 1 aliphatic heterocycles. The van der Waals surface area contributed by atoms with Crippen molar-refractivity contribution in [2.24, 2.45) is 0 Å². The van der Waals surface area contributed by atoms with Gasteiger partial charge in [-0.25, -0.2) is 0 Å². The van der Waals surface area contributed by atoms with Gasteiger partial charge in [-0.15, -0.1) is 0 Å². The van der Waals surface area contributed by atoms with Gasteiger partial charge in [-0.2, -0.15) is 0 Å². The molecule has 0 bridgehead atoms. The Morgan fingerprint density at radius 1 is 1.19 bits per heavy atom. The largest absolute Gasteiger partial charge is 0.318 e. The van der Waals surface area contributed by atoms with Gasteiger partial charge < -0.3 is 15.1 Å². The second-order valence-electron chi connectivity index (χ2n) is 4.01. The van der Waals surface area contributed by atoms with Gasteiger partial charge in [0.2, 0.25) is 0 Å². The molecule has 0 spiro atoms. The SMILES string of the molecule is CC.CCN(C)CCNC.CN1CCCC1. The molecular formula is C13H33N3. The van der Waals surface area contributed by atoms with Gasteiger partial charge >= 0.3 is 0 Å². The van der Waals surface area contributed by atoms with Crippen LogP contribution in [0.25, 0.3) is 0 Å². The number of nitrogens with one attached hydrogen (secondary N) is 1. The summed E-state index contributed by atoms with van der Waals surface area (Å²) in [5.74, 6) is 0. The van der Waals surface area contributed by atoms with Gasteiger partial charge in [-0.05, 0) is 53.6 Å². The van der Waals surface area contributed by atoms with Crippen molar-refractivity contribution in [1.29, 1.82) is 0 Å². The highest BCUT2D eigenvalue weighted by atomic mass is 15.1. The van der Waals surface area contributed by atoms with Crippen LogP contribution in [0.3, 0.4) is 0 Å². The summed E-state index contributed by atoms with van der Waals surface area (Å²) in [5.41, 5.74) is 0. The molecule has 0 aromatic carbocycles. The highest BCUT2D eigenvalue weighted by Crippen LogP contribution is 2.02. The fourth-order valence-corrected chi connectivity index (χ4v) is 1.34. The average Bonchev–Trinajstić information content (AvgIpc) is 2.80. The molecule has 1 N–H and O–H groups in total. The monoisotopic (exact) mass is 231 g/mol. The molecule has 0 atom stereocenters. The number of nitrogens with zero attached hydrogens (tertiary/aromatic N) is 2. The van der Waals surface area contributed by atoms with Gasteiger partial charge in [0.1, 0.15) is 0 Å². The Morgan fingerprint density at radius 2 is 1.69 bits per heavy atom. The molecule has 0 unspecified atom stereocenters. The van der Waals surface area contributed by atoms with Gasteiger partial charge in [0, 0.05) is 13.1 Å². The third kappa shape index (κ3) is 13.9. The zero-order chi connectivity index (χ0) is 12.8. The summed E-state index contributed by atoms with van der Waals surface area (Å²) in [4.78, 5) is 4.64. The van der Waals surface area contributed by atoms with Crippen LogP contribution in [-0.4, -0.2) is 63.7 Å². The predicted molar refractivity (Wildman–Crippen MR) is 75.2 cm³/mol. The molecule has 0 aliphatic carbocycles. The minimum atomic E-state index is 1.09. The molecule has 0 amide bonds. The second kappa shape index (κ2) is 14.9. The van der Waals surface area contributed by atoms with E-state index in [9.17, 15) is 0 Å². The number of rotatable bonds is 4. The molecule has 1 aliphatic rings. The summed E-state index contributed by atoms with van der Waals surface area (Å²) in [6.45, 7) is 12.2. The summed E-state index contributed by atoms with van der Waals surface area (Å²) in [5, 5.41) is 3.09. The van der Waals surface area contributed by atoms with Crippen molar-refractivity contribution < 1.29 is 0 Å². The first-order valence-electron chi connectivity index (χ1n) is 6.72. The molecule has 1 fully saturated rings. The van der Waals surface area contributed by atoms with Crippen LogP contribution in [0.15, 0.2) is 0 Å². The van der Waals surface area contributed by atoms with E-state index in [1.165, 1.54) is 25.9 Å². The van der Waals surface area contributed by atoms with Crippen molar-refractivity contribution in [1.82, 2.24) is 15.1 Å². The maximum Gasteiger partial charge on any atom is 0.0104 e. The predicted octanol–water partition coefficient (Wildman–Crippen LogP) is 1.90. The lowest BCUT2D eigenvalue weighted by Gasteiger charge is -2.11. The summed E-state index contributed by atoms with van der Waals surface area (Å²) in [6, 6.07) is 0. The van der Waals surface area contributed by atoms with E-state index in [4.69, 9.17) is 0 Å². The maximum absolute atomic E-state index is 3.09. The standard InChI is InChI=1S/C6H16N2.C5H11N.C2H6/c1-4-8(3)6-5-7-2;1-6-4-2-3-5-6;1-2/h7H,4-6H2,1-3H3;2-5H2,1H3;1-2H3. The number of likely N-dealkylation sites (N-methyl/N-ethyl adjacent to an activating group) is 2. The molecule has 0 saturated carbocycles. The van der Waals surface area contributed by atoms with Crippen molar-refractivity contribution in [2.75, 3.05) is 53.9 Å². The van der Waals surface area contributed by atoms with Crippen LogP contribution in [0.5, 0.6) is 0 Å². The Bertz CT molecular complexity index is 112. The molecule has 1 heterocycles. The molecule has 1 saturated heterocycles. The fourth-order valence-electron chi connectivity index (χ4n) is 1.34. The Labute approximate surface area is 103 Å². The second-order valence-corrected chi connectivity index (χ2v) is 4.01. The van der Waals surface area contributed by atoms with Crippen LogP contribution >= 0.6 is 0 Å². The van der Waals surface area contributed by atoms with E-state index in [2.05, 4.69) is 36.1 Å². The van der Waals surface area contributed by atoms with Crippen molar-refractivity contribution in [2.45, 2.75) is 33.6 Å². The first kappa shape index (κ1) is 18.3. The topological polar surface area (TPSA) is 18.5 Å². The minimum Gasteiger partial charge on any atom is -0.318 e. The van der Waals surface area contributed by atoms with E-state index in [0.717, 1.165) is 19.6 Å². The van der Waals surface area contributed by atoms with Crippen LogP contribution in [0.4, 0.5) is 0 Å². The van der Waals surface area contributed by atoms with Gasteiger partial charge in [0.05, 0.1) is 0 Å². The van der Waals surface area contributed by atoms with Gasteiger partial charge in [0.25, 0.3) is 0 Å². The Hall–Kier alpha value is -0.120. The third-order valence-electron chi connectivity index (χ3n) is 2.61. The molecule has 1 rings (SSSR count). The zero-order valence-corrected chi connectivity index (χ0v) is 12.3. The van der Waals surface area contributed by atoms with Crippen LogP contribution < -0.4 is 5.32 Å². The molecule has 3 nitrogen and oxygen atoms in total. The van der Waals surface area contributed by atoms with E-state index in [1.807, 2.05) is 20.9 Å². The Kier molecular flexibility index (Phi) is 17.0. The molecule has 0 aromatic rings. The molecule has 0 aromatic heterocycles. The van der Waals surface area contributed by atoms with E-state index < -0.39 is 0 Å².